The third-order valence-electron chi connectivity index (χ3n) is 2.18. The van der Waals surface area contributed by atoms with Gasteiger partial charge in [-0.2, -0.15) is 13.2 Å². The first-order chi connectivity index (χ1) is 6.77. The van der Waals surface area contributed by atoms with E-state index in [-0.39, 0.29) is 12.1 Å². The highest BCUT2D eigenvalue weighted by Crippen LogP contribution is 2.32. The summed E-state index contributed by atoms with van der Waals surface area (Å²) in [6.45, 7) is 0.802. The average molecular weight is 221 g/mol. The number of rotatable bonds is 2. The zero-order chi connectivity index (χ0) is 11.7. The quantitative estimate of drug-likeness (QED) is 0.763. The van der Waals surface area contributed by atoms with Crippen LogP contribution in [0.25, 0.3) is 0 Å². The molecule has 0 fully saturated rings. The van der Waals surface area contributed by atoms with E-state index in [1.54, 1.807) is 0 Å². The molecular formula is C10H11F4N. The molecule has 0 saturated heterocycles. The lowest BCUT2D eigenvalue weighted by molar-refractivity contribution is -0.137. The van der Waals surface area contributed by atoms with Crippen molar-refractivity contribution in [2.45, 2.75) is 18.8 Å². The van der Waals surface area contributed by atoms with Crippen LogP contribution in [-0.4, -0.2) is 6.54 Å². The standard InChI is InChI=1S/C10H11F4N/c1-9(11,6-15)7-3-2-4-8(5-7)10(12,13)14/h2-5H,6,15H2,1H3. The minimum absolute atomic E-state index is 0.0557. The maximum absolute atomic E-state index is 13.6. The molecule has 5 heteroatoms. The number of nitrogens with two attached hydrogens (primary N) is 1. The second kappa shape index (κ2) is 3.81. The topological polar surface area (TPSA) is 26.0 Å². The molecule has 1 unspecified atom stereocenters. The van der Waals surface area contributed by atoms with Crippen molar-refractivity contribution < 1.29 is 17.6 Å². The number of hydrogen-bond donors (Lipinski definition) is 1. The SMILES string of the molecule is CC(F)(CN)c1cccc(C(F)(F)F)c1. The first-order valence-electron chi connectivity index (χ1n) is 4.34. The summed E-state index contributed by atoms with van der Waals surface area (Å²) in [5.41, 5.74) is 2.29. The van der Waals surface area contributed by atoms with Crippen LogP contribution in [0.3, 0.4) is 0 Å². The van der Waals surface area contributed by atoms with Crippen molar-refractivity contribution in [1.82, 2.24) is 0 Å². The van der Waals surface area contributed by atoms with E-state index in [0.29, 0.717) is 0 Å². The van der Waals surface area contributed by atoms with Crippen molar-refractivity contribution in [3.05, 3.63) is 35.4 Å². The monoisotopic (exact) mass is 221 g/mol. The smallest absolute Gasteiger partial charge is 0.327 e. The maximum atomic E-state index is 13.6. The average Bonchev–Trinajstić information content (AvgIpc) is 2.17. The lowest BCUT2D eigenvalue weighted by Crippen LogP contribution is -2.27. The summed E-state index contributed by atoms with van der Waals surface area (Å²) < 4.78 is 50.5. The Bertz CT molecular complexity index is 344. The molecule has 1 atom stereocenters. The molecule has 1 rings (SSSR count). The van der Waals surface area contributed by atoms with E-state index in [1.807, 2.05) is 0 Å². The van der Waals surface area contributed by atoms with Crippen LogP contribution in [0, 0.1) is 0 Å². The summed E-state index contributed by atoms with van der Waals surface area (Å²) in [5.74, 6) is 0. The molecule has 1 aromatic rings. The van der Waals surface area contributed by atoms with Gasteiger partial charge in [0.1, 0.15) is 5.67 Å². The van der Waals surface area contributed by atoms with Gasteiger partial charge in [-0.15, -0.1) is 0 Å². The largest absolute Gasteiger partial charge is 0.416 e. The van der Waals surface area contributed by atoms with Crippen LogP contribution < -0.4 is 5.73 Å². The van der Waals surface area contributed by atoms with Crippen LogP contribution in [0.1, 0.15) is 18.1 Å². The maximum Gasteiger partial charge on any atom is 0.416 e. The Morgan fingerprint density at radius 3 is 2.13 bits per heavy atom. The predicted octanol–water partition coefficient (Wildman–Crippen LogP) is 2.85. The number of hydrogen-bond acceptors (Lipinski definition) is 1. The van der Waals surface area contributed by atoms with Crippen LogP contribution in [-0.2, 0) is 11.8 Å². The highest BCUT2D eigenvalue weighted by atomic mass is 19.4. The second-order valence-electron chi connectivity index (χ2n) is 3.48. The van der Waals surface area contributed by atoms with E-state index < -0.39 is 17.4 Å². The molecule has 84 valence electrons. The fourth-order valence-electron chi connectivity index (χ4n) is 1.14. The molecular weight excluding hydrogens is 210 g/mol. The third kappa shape index (κ3) is 2.68. The van der Waals surface area contributed by atoms with E-state index in [4.69, 9.17) is 5.73 Å². The van der Waals surface area contributed by atoms with E-state index in [2.05, 4.69) is 0 Å². The lowest BCUT2D eigenvalue weighted by Gasteiger charge is -2.19. The van der Waals surface area contributed by atoms with Gasteiger partial charge in [-0.3, -0.25) is 0 Å². The lowest BCUT2D eigenvalue weighted by atomic mass is 9.96. The Balaban J connectivity index is 3.14. The van der Waals surface area contributed by atoms with E-state index in [1.165, 1.54) is 12.1 Å². The van der Waals surface area contributed by atoms with Gasteiger partial charge < -0.3 is 5.73 Å². The van der Waals surface area contributed by atoms with Crippen molar-refractivity contribution in [2.24, 2.45) is 5.73 Å². The predicted molar refractivity (Wildman–Crippen MR) is 49.0 cm³/mol. The van der Waals surface area contributed by atoms with Crippen LogP contribution in [0.2, 0.25) is 0 Å². The molecule has 0 bridgehead atoms. The summed E-state index contributed by atoms with van der Waals surface area (Å²) in [6.07, 6.45) is -4.46. The molecule has 1 nitrogen and oxygen atoms in total. The van der Waals surface area contributed by atoms with E-state index in [0.717, 1.165) is 19.1 Å². The molecule has 1 aromatic carbocycles. The Kier molecular flexibility index (Phi) is 3.04. The highest BCUT2D eigenvalue weighted by Gasteiger charge is 2.32. The van der Waals surface area contributed by atoms with Crippen molar-refractivity contribution in [3.63, 3.8) is 0 Å². The molecule has 0 spiro atoms. The zero-order valence-corrected chi connectivity index (χ0v) is 8.11. The summed E-state index contributed by atoms with van der Waals surface area (Å²) in [7, 11) is 0. The normalized spacial score (nSPS) is 16.1. The number of halogens is 4. The van der Waals surface area contributed by atoms with E-state index >= 15 is 0 Å². The minimum atomic E-state index is -4.46. The van der Waals surface area contributed by atoms with Gasteiger partial charge in [0.25, 0.3) is 0 Å². The summed E-state index contributed by atoms with van der Waals surface area (Å²) in [6, 6.07) is 4.15. The van der Waals surface area contributed by atoms with Gasteiger partial charge in [-0.1, -0.05) is 12.1 Å². The zero-order valence-electron chi connectivity index (χ0n) is 8.11. The van der Waals surface area contributed by atoms with Crippen LogP contribution in [0.15, 0.2) is 24.3 Å². The fourth-order valence-corrected chi connectivity index (χ4v) is 1.14. The van der Waals surface area contributed by atoms with E-state index in [9.17, 15) is 17.6 Å². The van der Waals surface area contributed by atoms with Crippen molar-refractivity contribution >= 4 is 0 Å². The Morgan fingerprint density at radius 2 is 1.67 bits per heavy atom. The van der Waals surface area contributed by atoms with Crippen LogP contribution in [0.5, 0.6) is 0 Å². The summed E-state index contributed by atoms with van der Waals surface area (Å²) in [4.78, 5) is 0. The molecule has 15 heavy (non-hydrogen) atoms. The number of benzene rings is 1. The first kappa shape index (κ1) is 12.0. The van der Waals surface area contributed by atoms with Gasteiger partial charge in [-0.25, -0.2) is 4.39 Å². The van der Waals surface area contributed by atoms with Crippen molar-refractivity contribution in [1.29, 1.82) is 0 Å². The molecule has 0 aliphatic heterocycles. The van der Waals surface area contributed by atoms with Gasteiger partial charge in [0.15, 0.2) is 0 Å². The van der Waals surface area contributed by atoms with Gasteiger partial charge in [-0.05, 0) is 24.6 Å². The fraction of sp³-hybridized carbons (Fsp3) is 0.400. The molecule has 0 heterocycles. The molecule has 0 saturated carbocycles. The first-order valence-corrected chi connectivity index (χ1v) is 4.34. The Hall–Kier alpha value is -1.10. The molecule has 0 radical (unpaired) electrons. The van der Waals surface area contributed by atoms with Crippen molar-refractivity contribution in [3.8, 4) is 0 Å². The van der Waals surface area contributed by atoms with Gasteiger partial charge in [0.05, 0.1) is 5.56 Å². The minimum Gasteiger partial charge on any atom is -0.327 e. The van der Waals surface area contributed by atoms with Crippen LogP contribution in [0.4, 0.5) is 17.6 Å². The van der Waals surface area contributed by atoms with Gasteiger partial charge in [0.2, 0.25) is 0 Å². The Labute approximate surface area is 84.9 Å². The van der Waals surface area contributed by atoms with Crippen LogP contribution >= 0.6 is 0 Å². The Morgan fingerprint density at radius 1 is 1.13 bits per heavy atom. The molecule has 0 aliphatic rings. The van der Waals surface area contributed by atoms with Gasteiger partial charge >= 0.3 is 6.18 Å². The third-order valence-corrected chi connectivity index (χ3v) is 2.18. The molecule has 0 aromatic heterocycles. The van der Waals surface area contributed by atoms with Crippen molar-refractivity contribution in [2.75, 3.05) is 6.54 Å². The van der Waals surface area contributed by atoms with Gasteiger partial charge in [0, 0.05) is 6.54 Å². The summed E-state index contributed by atoms with van der Waals surface area (Å²) in [5, 5.41) is 0. The molecule has 0 aliphatic carbocycles. The molecule has 2 N–H and O–H groups in total. The highest BCUT2D eigenvalue weighted by molar-refractivity contribution is 5.29. The molecule has 0 amide bonds. The second-order valence-corrected chi connectivity index (χ2v) is 3.48. The number of alkyl halides is 4. The summed E-state index contributed by atoms with van der Waals surface area (Å²) >= 11 is 0.